The van der Waals surface area contributed by atoms with Gasteiger partial charge in [-0.1, -0.05) is 42.5 Å². The molecule has 0 amide bonds. The molecule has 0 aliphatic rings. The summed E-state index contributed by atoms with van der Waals surface area (Å²) in [6.45, 7) is 12.3. The number of aldehydes is 1. The minimum atomic E-state index is -0.250. The minimum Gasteiger partial charge on any atom is -0.497 e. The smallest absolute Gasteiger partial charge is 0.290 e. The lowest BCUT2D eigenvalue weighted by atomic mass is 9.87. The lowest BCUT2D eigenvalue weighted by Gasteiger charge is -2.36. The van der Waals surface area contributed by atoms with Gasteiger partial charge in [-0.25, -0.2) is 0 Å². The van der Waals surface area contributed by atoms with E-state index in [0.29, 0.717) is 6.42 Å². The van der Waals surface area contributed by atoms with Gasteiger partial charge >= 0.3 is 0 Å². The molecule has 0 spiro atoms. The highest BCUT2D eigenvalue weighted by molar-refractivity contribution is 5.88. The molecule has 0 aliphatic heterocycles. The van der Waals surface area contributed by atoms with Crippen LogP contribution in [0.3, 0.4) is 0 Å². The number of nitrogens with zero attached hydrogens (tertiary/aromatic N) is 1. The van der Waals surface area contributed by atoms with Gasteiger partial charge in [-0.15, -0.1) is 0 Å². The van der Waals surface area contributed by atoms with Gasteiger partial charge < -0.3 is 15.2 Å². The zero-order valence-corrected chi connectivity index (χ0v) is 22.3. The van der Waals surface area contributed by atoms with Crippen LogP contribution in [0, 0.1) is 0 Å². The van der Waals surface area contributed by atoms with Crippen LogP contribution in [-0.2, 0) is 16.1 Å². The monoisotopic (exact) mass is 482 g/mol. The molecule has 2 aromatic carbocycles. The van der Waals surface area contributed by atoms with Gasteiger partial charge in [0.2, 0.25) is 0 Å². The summed E-state index contributed by atoms with van der Waals surface area (Å²) in [4.78, 5) is 23.0. The first-order valence-electron chi connectivity index (χ1n) is 11.9. The summed E-state index contributed by atoms with van der Waals surface area (Å²) in [6, 6.07) is 18.5. The SMILES string of the molecule is COc1ccc(CN(C)C(C)(C)C/C(C=O)=C(/CCNC(C)(C)C)c2ccccc2)cc1.O=CO. The molecule has 0 aromatic heterocycles. The van der Waals surface area contributed by atoms with Gasteiger partial charge in [-0.3, -0.25) is 14.5 Å². The molecule has 2 aromatic rings. The van der Waals surface area contributed by atoms with Crippen LogP contribution in [-0.4, -0.2) is 54.5 Å². The maximum Gasteiger partial charge on any atom is 0.290 e. The quantitative estimate of drug-likeness (QED) is 0.329. The fourth-order valence-corrected chi connectivity index (χ4v) is 3.73. The highest BCUT2D eigenvalue weighted by Crippen LogP contribution is 2.30. The summed E-state index contributed by atoms with van der Waals surface area (Å²) in [5, 5.41) is 10.4. The van der Waals surface area contributed by atoms with Crippen LogP contribution in [0.2, 0.25) is 0 Å². The average Bonchev–Trinajstić information content (AvgIpc) is 2.81. The first kappa shape index (κ1) is 30.1. The van der Waals surface area contributed by atoms with Gasteiger partial charge in [0.25, 0.3) is 6.47 Å². The van der Waals surface area contributed by atoms with Crippen molar-refractivity contribution < 1.29 is 19.4 Å². The summed E-state index contributed by atoms with van der Waals surface area (Å²) >= 11 is 0. The van der Waals surface area contributed by atoms with Crippen LogP contribution in [0.5, 0.6) is 5.75 Å². The number of nitrogens with one attached hydrogen (secondary N) is 1. The van der Waals surface area contributed by atoms with Crippen LogP contribution in [0.15, 0.2) is 60.2 Å². The Bertz CT molecular complexity index is 929. The van der Waals surface area contributed by atoms with Crippen molar-refractivity contribution in [3.05, 3.63) is 71.3 Å². The maximum atomic E-state index is 12.3. The number of hydrogen-bond donors (Lipinski definition) is 2. The van der Waals surface area contributed by atoms with Crippen LogP contribution >= 0.6 is 0 Å². The summed E-state index contributed by atoms with van der Waals surface area (Å²) in [5.41, 5.74) is 4.20. The van der Waals surface area contributed by atoms with Crippen LogP contribution in [0.25, 0.3) is 5.57 Å². The Morgan fingerprint density at radius 3 is 2.06 bits per heavy atom. The predicted molar refractivity (Wildman–Crippen MR) is 144 cm³/mol. The number of hydrogen-bond acceptors (Lipinski definition) is 5. The first-order chi connectivity index (χ1) is 16.5. The molecule has 2 N–H and O–H groups in total. The van der Waals surface area contributed by atoms with E-state index in [1.165, 1.54) is 5.56 Å². The summed E-state index contributed by atoms with van der Waals surface area (Å²) in [7, 11) is 3.80. The highest BCUT2D eigenvalue weighted by Gasteiger charge is 2.26. The second-order valence-electron chi connectivity index (χ2n) is 10.2. The lowest BCUT2D eigenvalue weighted by molar-refractivity contribution is -0.122. The summed E-state index contributed by atoms with van der Waals surface area (Å²) in [6.07, 6.45) is 2.55. The molecule has 0 unspecified atom stereocenters. The molecule has 0 fully saturated rings. The molecule has 192 valence electrons. The number of carbonyl (C=O) groups is 2. The molecule has 0 bridgehead atoms. The number of carboxylic acid groups (broad SMARTS) is 1. The van der Waals surface area contributed by atoms with Gasteiger partial charge in [-0.05, 0) is 95.5 Å². The van der Waals surface area contributed by atoms with Crippen LogP contribution in [0.4, 0.5) is 0 Å². The molecular formula is C29H42N2O4. The molecule has 0 radical (unpaired) electrons. The van der Waals surface area contributed by atoms with E-state index >= 15 is 0 Å². The van der Waals surface area contributed by atoms with E-state index in [2.05, 4.69) is 76.1 Å². The number of carbonyl (C=O) groups excluding carboxylic acids is 1. The van der Waals surface area contributed by atoms with Crippen LogP contribution < -0.4 is 10.1 Å². The van der Waals surface area contributed by atoms with Crippen molar-refractivity contribution >= 4 is 18.3 Å². The number of ether oxygens (including phenoxy) is 1. The third-order valence-corrected chi connectivity index (χ3v) is 5.92. The van der Waals surface area contributed by atoms with E-state index < -0.39 is 0 Å². The fourth-order valence-electron chi connectivity index (χ4n) is 3.73. The van der Waals surface area contributed by atoms with Gasteiger partial charge in [0.15, 0.2) is 0 Å². The lowest BCUT2D eigenvalue weighted by Crippen LogP contribution is -2.41. The third kappa shape index (κ3) is 10.9. The fraction of sp³-hybridized carbons (Fsp3) is 0.448. The van der Waals surface area contributed by atoms with Crippen molar-refractivity contribution in [3.8, 4) is 5.75 Å². The van der Waals surface area contributed by atoms with E-state index in [1.807, 2.05) is 30.3 Å². The highest BCUT2D eigenvalue weighted by atomic mass is 16.5. The van der Waals surface area contributed by atoms with Crippen molar-refractivity contribution in [2.75, 3.05) is 20.7 Å². The zero-order chi connectivity index (χ0) is 26.5. The van der Waals surface area contributed by atoms with Crippen molar-refractivity contribution in [1.82, 2.24) is 10.2 Å². The molecular weight excluding hydrogens is 440 g/mol. The van der Waals surface area contributed by atoms with E-state index in [1.54, 1.807) is 7.11 Å². The van der Waals surface area contributed by atoms with Gasteiger partial charge in [0.05, 0.1) is 7.11 Å². The average molecular weight is 483 g/mol. The largest absolute Gasteiger partial charge is 0.497 e. The van der Waals surface area contributed by atoms with Crippen molar-refractivity contribution in [2.45, 2.75) is 65.1 Å². The number of methoxy groups -OCH3 is 1. The van der Waals surface area contributed by atoms with E-state index in [-0.39, 0.29) is 17.6 Å². The summed E-state index contributed by atoms with van der Waals surface area (Å²) < 4.78 is 5.27. The van der Waals surface area contributed by atoms with E-state index in [9.17, 15) is 4.79 Å². The molecule has 0 aliphatic carbocycles. The standard InChI is InChI=1S/C28H40N2O2.CH2O2/c1-27(2,3)29-18-17-26(23-11-9-8-10-12-23)24(21-31)19-28(4,5)30(6)20-22-13-15-25(32-7)16-14-22;2-1-3/h8-16,21,29H,17-20H2,1-7H3;1H,(H,2,3)/b26-24+;. The second kappa shape index (κ2) is 14.4. The Kier molecular flexibility index (Phi) is 12.4. The van der Waals surface area contributed by atoms with Gasteiger partial charge in [-0.2, -0.15) is 0 Å². The summed E-state index contributed by atoms with van der Waals surface area (Å²) in [5.74, 6) is 0.859. The number of benzene rings is 2. The van der Waals surface area contributed by atoms with Crippen molar-refractivity contribution in [3.63, 3.8) is 0 Å². The molecule has 0 saturated heterocycles. The molecule has 6 nitrogen and oxygen atoms in total. The van der Waals surface area contributed by atoms with E-state index in [0.717, 1.165) is 48.3 Å². The van der Waals surface area contributed by atoms with Crippen LogP contribution in [0.1, 0.15) is 58.6 Å². The Morgan fingerprint density at radius 2 is 1.57 bits per heavy atom. The molecule has 0 saturated carbocycles. The maximum absolute atomic E-state index is 12.3. The Morgan fingerprint density at radius 1 is 1.00 bits per heavy atom. The molecule has 35 heavy (non-hydrogen) atoms. The van der Waals surface area contributed by atoms with Gasteiger partial charge in [0, 0.05) is 17.6 Å². The Hall–Kier alpha value is -2.96. The first-order valence-corrected chi connectivity index (χ1v) is 11.9. The van der Waals surface area contributed by atoms with Gasteiger partial charge in [0.1, 0.15) is 12.0 Å². The molecule has 0 heterocycles. The Labute approximate surface area is 211 Å². The predicted octanol–water partition coefficient (Wildman–Crippen LogP) is 5.43. The van der Waals surface area contributed by atoms with E-state index in [4.69, 9.17) is 14.6 Å². The number of rotatable bonds is 11. The molecule has 2 rings (SSSR count). The van der Waals surface area contributed by atoms with Crippen molar-refractivity contribution in [1.29, 1.82) is 0 Å². The Balaban J connectivity index is 0.00000194. The topological polar surface area (TPSA) is 78.9 Å². The second-order valence-corrected chi connectivity index (χ2v) is 10.2. The zero-order valence-electron chi connectivity index (χ0n) is 22.3. The molecule has 6 heteroatoms. The molecule has 0 atom stereocenters. The van der Waals surface area contributed by atoms with Crippen molar-refractivity contribution in [2.24, 2.45) is 0 Å². The minimum absolute atomic E-state index is 0.0427. The third-order valence-electron chi connectivity index (χ3n) is 5.92. The normalized spacial score (nSPS) is 12.3.